The van der Waals surface area contributed by atoms with E-state index in [1.165, 1.54) is 10.5 Å². The Kier molecular flexibility index (Phi) is 11.2. The molecule has 1 rings (SSSR count). The monoisotopic (exact) mass is 434 g/mol. The number of aryl methyl sites for hydroxylation is 1. The number of ether oxygens (including phenoxy) is 1. The van der Waals surface area contributed by atoms with E-state index in [-0.39, 0.29) is 36.4 Å². The van der Waals surface area contributed by atoms with Crippen molar-refractivity contribution in [1.29, 1.82) is 0 Å². The normalized spacial score (nSPS) is 10.5. The van der Waals surface area contributed by atoms with Gasteiger partial charge in [-0.2, -0.15) is 0 Å². The van der Waals surface area contributed by atoms with Crippen LogP contribution in [0, 0.1) is 6.92 Å². The maximum atomic E-state index is 11.5. The topological polar surface area (TPSA) is 66.0 Å². The second-order valence-electron chi connectivity index (χ2n) is 5.08. The highest BCUT2D eigenvalue weighted by Gasteiger charge is 2.03. The summed E-state index contributed by atoms with van der Waals surface area (Å²) in [5.41, 5.74) is 1.17. The van der Waals surface area contributed by atoms with Crippen molar-refractivity contribution in [3.63, 3.8) is 0 Å². The molecule has 0 bridgehead atoms. The third-order valence-corrected chi connectivity index (χ3v) is 2.87. The number of hydrogen-bond acceptors (Lipinski definition) is 3. The van der Waals surface area contributed by atoms with E-state index in [9.17, 15) is 4.79 Å². The van der Waals surface area contributed by atoms with Crippen molar-refractivity contribution in [2.45, 2.75) is 13.8 Å². The number of likely N-dealkylation sites (N-methyl/N-ethyl adjacent to an activating group) is 1. The van der Waals surface area contributed by atoms with Gasteiger partial charge in [0.25, 0.3) is 0 Å². The Hall–Kier alpha value is -1.51. The molecule has 0 atom stereocenters. The van der Waals surface area contributed by atoms with Crippen molar-refractivity contribution in [2.24, 2.45) is 4.99 Å². The van der Waals surface area contributed by atoms with E-state index in [1.807, 2.05) is 38.1 Å². The fourth-order valence-electron chi connectivity index (χ4n) is 1.67. The average molecular weight is 434 g/mol. The van der Waals surface area contributed by atoms with Crippen LogP contribution in [0.2, 0.25) is 0 Å². The van der Waals surface area contributed by atoms with Crippen molar-refractivity contribution in [2.75, 3.05) is 40.3 Å². The summed E-state index contributed by atoms with van der Waals surface area (Å²) >= 11 is 0. The number of carbonyl (C=O) groups is 1. The molecule has 0 saturated heterocycles. The molecule has 1 aromatic rings. The van der Waals surface area contributed by atoms with Crippen molar-refractivity contribution < 1.29 is 9.53 Å². The van der Waals surface area contributed by atoms with Crippen LogP contribution < -0.4 is 15.4 Å². The number of hydrogen-bond donors (Lipinski definition) is 2. The predicted octanol–water partition coefficient (Wildman–Crippen LogP) is 1.64. The number of guanidine groups is 1. The van der Waals surface area contributed by atoms with E-state index in [0.29, 0.717) is 19.1 Å². The van der Waals surface area contributed by atoms with Gasteiger partial charge in [-0.25, -0.2) is 4.99 Å². The van der Waals surface area contributed by atoms with E-state index < -0.39 is 0 Å². The molecule has 0 aromatic heterocycles. The van der Waals surface area contributed by atoms with Crippen LogP contribution in [0.1, 0.15) is 12.5 Å². The van der Waals surface area contributed by atoms with Gasteiger partial charge in [0.05, 0.1) is 6.54 Å². The van der Waals surface area contributed by atoms with Crippen LogP contribution in [0.3, 0.4) is 0 Å². The Balaban J connectivity index is 0.00000484. The molecular weight excluding hydrogens is 407 g/mol. The van der Waals surface area contributed by atoms with Crippen LogP contribution in [0.25, 0.3) is 0 Å². The quantitative estimate of drug-likeness (QED) is 0.297. The highest BCUT2D eigenvalue weighted by Crippen LogP contribution is 2.11. The zero-order valence-electron chi connectivity index (χ0n) is 14.3. The Labute approximate surface area is 155 Å². The van der Waals surface area contributed by atoms with Gasteiger partial charge in [0.1, 0.15) is 18.9 Å². The Morgan fingerprint density at radius 3 is 2.65 bits per heavy atom. The van der Waals surface area contributed by atoms with Crippen molar-refractivity contribution in [1.82, 2.24) is 15.5 Å². The highest BCUT2D eigenvalue weighted by molar-refractivity contribution is 14.0. The van der Waals surface area contributed by atoms with Crippen LogP contribution in [-0.2, 0) is 4.79 Å². The van der Waals surface area contributed by atoms with Gasteiger partial charge in [-0.1, -0.05) is 12.1 Å². The first-order chi connectivity index (χ1) is 10.5. The summed E-state index contributed by atoms with van der Waals surface area (Å²) in [7, 11) is 3.43. The van der Waals surface area contributed by atoms with E-state index in [4.69, 9.17) is 4.74 Å². The Morgan fingerprint density at radius 2 is 2.04 bits per heavy atom. The molecule has 0 unspecified atom stereocenters. The van der Waals surface area contributed by atoms with Crippen molar-refractivity contribution >= 4 is 35.8 Å². The fourth-order valence-corrected chi connectivity index (χ4v) is 1.67. The number of halogens is 1. The zero-order valence-corrected chi connectivity index (χ0v) is 16.6. The maximum absolute atomic E-state index is 11.5. The van der Waals surface area contributed by atoms with E-state index in [0.717, 1.165) is 12.3 Å². The van der Waals surface area contributed by atoms with Crippen LogP contribution in [0.15, 0.2) is 29.3 Å². The molecule has 2 N–H and O–H groups in total. The first-order valence-electron chi connectivity index (χ1n) is 7.44. The van der Waals surface area contributed by atoms with Gasteiger partial charge in [0.2, 0.25) is 5.91 Å². The van der Waals surface area contributed by atoms with Crippen molar-refractivity contribution in [3.8, 4) is 5.75 Å². The molecule has 0 radical (unpaired) electrons. The molecule has 0 aliphatic rings. The molecule has 1 aromatic carbocycles. The number of nitrogens with zero attached hydrogens (tertiary/aromatic N) is 2. The second-order valence-corrected chi connectivity index (χ2v) is 5.08. The average Bonchev–Trinajstić information content (AvgIpc) is 2.48. The SMILES string of the molecule is CCNC(=NCC(=O)N(C)C)NCCOc1cccc(C)c1.I. The lowest BCUT2D eigenvalue weighted by Gasteiger charge is -2.13. The third-order valence-electron chi connectivity index (χ3n) is 2.87. The summed E-state index contributed by atoms with van der Waals surface area (Å²) in [6.07, 6.45) is 0. The van der Waals surface area contributed by atoms with Gasteiger partial charge >= 0.3 is 0 Å². The van der Waals surface area contributed by atoms with Crippen LogP contribution in [0.5, 0.6) is 5.75 Å². The van der Waals surface area contributed by atoms with Crippen molar-refractivity contribution in [3.05, 3.63) is 29.8 Å². The molecule has 0 heterocycles. The van der Waals surface area contributed by atoms with E-state index in [2.05, 4.69) is 15.6 Å². The molecule has 0 aliphatic heterocycles. The lowest BCUT2D eigenvalue weighted by Crippen LogP contribution is -2.40. The molecule has 6 nitrogen and oxygen atoms in total. The standard InChI is InChI=1S/C16H26N4O2.HI/c1-5-17-16(19-12-15(21)20(3)4)18-9-10-22-14-8-6-7-13(2)11-14;/h6-8,11H,5,9-10,12H2,1-4H3,(H2,17,18,19);1H. The Morgan fingerprint density at radius 1 is 1.30 bits per heavy atom. The smallest absolute Gasteiger partial charge is 0.243 e. The number of aliphatic imine (C=N–C) groups is 1. The maximum Gasteiger partial charge on any atom is 0.243 e. The number of benzene rings is 1. The summed E-state index contributed by atoms with van der Waals surface area (Å²) in [4.78, 5) is 17.3. The molecule has 130 valence electrons. The molecule has 0 spiro atoms. The van der Waals surface area contributed by atoms with Gasteiger partial charge in [0.15, 0.2) is 5.96 Å². The number of amides is 1. The van der Waals surface area contributed by atoms with Gasteiger partial charge in [-0.05, 0) is 31.5 Å². The van der Waals surface area contributed by atoms with Crippen LogP contribution >= 0.6 is 24.0 Å². The minimum Gasteiger partial charge on any atom is -0.492 e. The first kappa shape index (κ1) is 21.5. The fraction of sp³-hybridized carbons (Fsp3) is 0.500. The number of nitrogens with one attached hydrogen (secondary N) is 2. The minimum absolute atomic E-state index is 0. The second kappa shape index (κ2) is 12.0. The Bertz CT molecular complexity index is 507. The lowest BCUT2D eigenvalue weighted by molar-refractivity contribution is -0.127. The molecule has 1 amide bonds. The summed E-state index contributed by atoms with van der Waals surface area (Å²) in [5.74, 6) is 1.44. The number of rotatable bonds is 7. The van der Waals surface area contributed by atoms with Gasteiger partial charge in [-0.15, -0.1) is 24.0 Å². The molecule has 0 fully saturated rings. The first-order valence-corrected chi connectivity index (χ1v) is 7.44. The zero-order chi connectivity index (χ0) is 16.4. The molecule has 0 saturated carbocycles. The van der Waals surface area contributed by atoms with Crippen LogP contribution in [0.4, 0.5) is 0 Å². The number of carbonyl (C=O) groups excluding carboxylic acids is 1. The molecule has 0 aliphatic carbocycles. The third kappa shape index (κ3) is 9.27. The minimum atomic E-state index is -0.0341. The summed E-state index contributed by atoms with van der Waals surface area (Å²) in [5, 5.41) is 6.24. The summed E-state index contributed by atoms with van der Waals surface area (Å²) < 4.78 is 5.66. The van der Waals surface area contributed by atoms with Gasteiger partial charge < -0.3 is 20.3 Å². The summed E-state index contributed by atoms with van der Waals surface area (Å²) in [6.45, 7) is 6.00. The predicted molar refractivity (Wildman–Crippen MR) is 105 cm³/mol. The van der Waals surface area contributed by atoms with E-state index in [1.54, 1.807) is 14.1 Å². The highest BCUT2D eigenvalue weighted by atomic mass is 127. The largest absolute Gasteiger partial charge is 0.492 e. The van der Waals surface area contributed by atoms with Gasteiger partial charge in [0, 0.05) is 20.6 Å². The molecule has 7 heteroatoms. The molecule has 23 heavy (non-hydrogen) atoms. The van der Waals surface area contributed by atoms with Crippen LogP contribution in [-0.4, -0.2) is 57.1 Å². The summed E-state index contributed by atoms with van der Waals surface area (Å²) in [6, 6.07) is 7.93. The van der Waals surface area contributed by atoms with Gasteiger partial charge in [-0.3, -0.25) is 4.79 Å². The lowest BCUT2D eigenvalue weighted by atomic mass is 10.2. The molecular formula is C16H27IN4O2. The van der Waals surface area contributed by atoms with E-state index >= 15 is 0 Å².